The molecule has 0 unspecified atom stereocenters. The summed E-state index contributed by atoms with van der Waals surface area (Å²) in [4.78, 5) is 0. The predicted molar refractivity (Wildman–Crippen MR) is 48.5 cm³/mol. The minimum atomic E-state index is -4.84. The Hall–Kier alpha value is -1.14. The van der Waals surface area contributed by atoms with Gasteiger partial charge >= 0.3 is 6.36 Å². The highest BCUT2D eigenvalue weighted by atomic mass is 35.5. The van der Waals surface area contributed by atoms with Crippen molar-refractivity contribution in [1.82, 2.24) is 0 Å². The summed E-state index contributed by atoms with van der Waals surface area (Å²) in [6.45, 7) is -0.450. The molecule has 0 saturated heterocycles. The lowest BCUT2D eigenvalue weighted by Crippen LogP contribution is -2.18. The molecule has 0 spiro atoms. The van der Waals surface area contributed by atoms with Crippen molar-refractivity contribution < 1.29 is 23.0 Å². The van der Waals surface area contributed by atoms with Crippen LogP contribution in [0.4, 0.5) is 18.9 Å². The molecule has 7 heteroatoms. The SMILES string of the molecule is Nc1c(Cl)cc(CO)cc1OC(F)(F)F. The zero-order chi connectivity index (χ0) is 11.6. The van der Waals surface area contributed by atoms with Gasteiger partial charge in [0.1, 0.15) is 0 Å². The van der Waals surface area contributed by atoms with Gasteiger partial charge in [0.25, 0.3) is 0 Å². The molecule has 0 aliphatic rings. The van der Waals surface area contributed by atoms with E-state index in [1.54, 1.807) is 0 Å². The first-order valence-electron chi connectivity index (χ1n) is 3.78. The Morgan fingerprint density at radius 1 is 1.40 bits per heavy atom. The van der Waals surface area contributed by atoms with E-state index in [1.807, 2.05) is 0 Å². The molecule has 0 amide bonds. The van der Waals surface area contributed by atoms with Crippen molar-refractivity contribution in [3.05, 3.63) is 22.7 Å². The number of hydrogen-bond donors (Lipinski definition) is 2. The lowest BCUT2D eigenvalue weighted by molar-refractivity contribution is -0.274. The second kappa shape index (κ2) is 4.16. The highest BCUT2D eigenvalue weighted by Crippen LogP contribution is 2.34. The van der Waals surface area contributed by atoms with E-state index < -0.39 is 18.7 Å². The van der Waals surface area contributed by atoms with Crippen molar-refractivity contribution in [2.45, 2.75) is 13.0 Å². The third kappa shape index (κ3) is 3.17. The lowest BCUT2D eigenvalue weighted by Gasteiger charge is -2.13. The van der Waals surface area contributed by atoms with Gasteiger partial charge in [-0.25, -0.2) is 0 Å². The Bertz CT molecular complexity index is 368. The molecule has 0 aromatic heterocycles. The van der Waals surface area contributed by atoms with E-state index in [1.165, 1.54) is 6.07 Å². The van der Waals surface area contributed by atoms with Crippen LogP contribution in [0.2, 0.25) is 5.02 Å². The zero-order valence-corrected chi connectivity index (χ0v) is 8.06. The number of aliphatic hydroxyl groups is 1. The maximum absolute atomic E-state index is 11.9. The van der Waals surface area contributed by atoms with E-state index in [2.05, 4.69) is 4.74 Å². The van der Waals surface area contributed by atoms with Crippen molar-refractivity contribution >= 4 is 17.3 Å². The Labute approximate surface area is 88.2 Å². The largest absolute Gasteiger partial charge is 0.573 e. The molecule has 15 heavy (non-hydrogen) atoms. The quantitative estimate of drug-likeness (QED) is 0.782. The predicted octanol–water partition coefficient (Wildman–Crippen LogP) is 2.31. The standard InChI is InChI=1S/C8H7ClF3NO2/c9-5-1-4(3-14)2-6(7(5)13)15-8(10,11)12/h1-2,14H,3,13H2. The maximum atomic E-state index is 11.9. The average Bonchev–Trinajstić information content (AvgIpc) is 2.10. The van der Waals surface area contributed by atoms with Gasteiger partial charge in [-0.1, -0.05) is 11.6 Å². The molecule has 0 saturated carbocycles. The normalized spacial score (nSPS) is 11.5. The van der Waals surface area contributed by atoms with Crippen molar-refractivity contribution in [2.75, 3.05) is 5.73 Å². The number of benzene rings is 1. The van der Waals surface area contributed by atoms with E-state index in [4.69, 9.17) is 22.4 Å². The minimum absolute atomic E-state index is 0.0965. The van der Waals surface area contributed by atoms with Crippen LogP contribution in [0.3, 0.4) is 0 Å². The van der Waals surface area contributed by atoms with Crippen molar-refractivity contribution in [1.29, 1.82) is 0 Å². The summed E-state index contributed by atoms with van der Waals surface area (Å²) in [6.07, 6.45) is -4.84. The van der Waals surface area contributed by atoms with Crippen LogP contribution in [0, 0.1) is 0 Å². The van der Waals surface area contributed by atoms with Crippen LogP contribution < -0.4 is 10.5 Å². The number of alkyl halides is 3. The van der Waals surface area contributed by atoms with Gasteiger partial charge in [0.15, 0.2) is 5.75 Å². The van der Waals surface area contributed by atoms with Crippen LogP contribution in [-0.4, -0.2) is 11.5 Å². The fraction of sp³-hybridized carbons (Fsp3) is 0.250. The Balaban J connectivity index is 3.11. The van der Waals surface area contributed by atoms with Gasteiger partial charge in [-0.2, -0.15) is 0 Å². The highest BCUT2D eigenvalue weighted by molar-refractivity contribution is 6.33. The summed E-state index contributed by atoms with van der Waals surface area (Å²) in [5.41, 5.74) is 5.15. The van der Waals surface area contributed by atoms with Gasteiger partial charge in [0.2, 0.25) is 0 Å². The minimum Gasteiger partial charge on any atom is -0.404 e. The Morgan fingerprint density at radius 2 is 2.00 bits per heavy atom. The summed E-state index contributed by atoms with van der Waals surface area (Å²) in [7, 11) is 0. The summed E-state index contributed by atoms with van der Waals surface area (Å²) in [5, 5.41) is 8.64. The van der Waals surface area contributed by atoms with Crippen LogP contribution in [0.1, 0.15) is 5.56 Å². The number of aliphatic hydroxyl groups excluding tert-OH is 1. The number of rotatable bonds is 2. The monoisotopic (exact) mass is 241 g/mol. The Morgan fingerprint density at radius 3 is 2.47 bits per heavy atom. The number of nitrogen functional groups attached to an aromatic ring is 1. The molecule has 0 aliphatic carbocycles. The first kappa shape index (κ1) is 11.9. The number of halogens is 4. The molecule has 1 rings (SSSR count). The molecular formula is C8H7ClF3NO2. The summed E-state index contributed by atoms with van der Waals surface area (Å²) in [6, 6.07) is 2.24. The number of nitrogens with two attached hydrogens (primary N) is 1. The van der Waals surface area contributed by atoms with Gasteiger partial charge < -0.3 is 15.6 Å². The first-order chi connectivity index (χ1) is 6.83. The second-order valence-electron chi connectivity index (χ2n) is 2.70. The third-order valence-electron chi connectivity index (χ3n) is 1.56. The van der Waals surface area contributed by atoms with Gasteiger partial charge in [0.05, 0.1) is 17.3 Å². The molecule has 0 atom stereocenters. The van der Waals surface area contributed by atoms with Crippen molar-refractivity contribution in [2.24, 2.45) is 0 Å². The van der Waals surface area contributed by atoms with Gasteiger partial charge in [-0.05, 0) is 17.7 Å². The van der Waals surface area contributed by atoms with Crippen LogP contribution in [0.15, 0.2) is 12.1 Å². The molecule has 0 heterocycles. The molecule has 1 aromatic rings. The number of hydrogen-bond acceptors (Lipinski definition) is 3. The van der Waals surface area contributed by atoms with Gasteiger partial charge in [0, 0.05) is 0 Å². The molecule has 0 fully saturated rings. The van der Waals surface area contributed by atoms with E-state index in [0.29, 0.717) is 0 Å². The van der Waals surface area contributed by atoms with Crippen molar-refractivity contribution in [3.8, 4) is 5.75 Å². The molecule has 84 valence electrons. The molecule has 1 aromatic carbocycles. The van der Waals surface area contributed by atoms with Crippen LogP contribution in [0.25, 0.3) is 0 Å². The van der Waals surface area contributed by atoms with Crippen LogP contribution in [0.5, 0.6) is 5.75 Å². The van der Waals surface area contributed by atoms with E-state index in [-0.39, 0.29) is 16.3 Å². The zero-order valence-electron chi connectivity index (χ0n) is 7.31. The molecule has 0 radical (unpaired) electrons. The summed E-state index contributed by atoms with van der Waals surface area (Å²) in [5.74, 6) is -0.612. The first-order valence-corrected chi connectivity index (χ1v) is 4.16. The molecule has 3 N–H and O–H groups in total. The van der Waals surface area contributed by atoms with Gasteiger partial charge in [-0.3, -0.25) is 0 Å². The topological polar surface area (TPSA) is 55.5 Å². The molecule has 0 bridgehead atoms. The summed E-state index contributed by atoms with van der Waals surface area (Å²) < 4.78 is 39.4. The van der Waals surface area contributed by atoms with E-state index in [9.17, 15) is 13.2 Å². The summed E-state index contributed by atoms with van der Waals surface area (Å²) >= 11 is 5.54. The smallest absolute Gasteiger partial charge is 0.404 e. The third-order valence-corrected chi connectivity index (χ3v) is 1.87. The fourth-order valence-corrected chi connectivity index (χ4v) is 1.18. The van der Waals surface area contributed by atoms with Crippen molar-refractivity contribution in [3.63, 3.8) is 0 Å². The lowest BCUT2D eigenvalue weighted by atomic mass is 10.2. The Kier molecular flexibility index (Phi) is 3.31. The van der Waals surface area contributed by atoms with E-state index >= 15 is 0 Å². The average molecular weight is 242 g/mol. The molecule has 0 aliphatic heterocycles. The van der Waals surface area contributed by atoms with E-state index in [0.717, 1.165) is 6.07 Å². The number of anilines is 1. The van der Waals surface area contributed by atoms with Crippen LogP contribution in [-0.2, 0) is 6.61 Å². The second-order valence-corrected chi connectivity index (χ2v) is 3.10. The maximum Gasteiger partial charge on any atom is 0.573 e. The number of ether oxygens (including phenoxy) is 1. The van der Waals surface area contributed by atoms with Gasteiger partial charge in [-0.15, -0.1) is 13.2 Å². The van der Waals surface area contributed by atoms with Crippen LogP contribution >= 0.6 is 11.6 Å². The highest BCUT2D eigenvalue weighted by Gasteiger charge is 2.32. The molecule has 3 nitrogen and oxygen atoms in total. The molecular weight excluding hydrogens is 235 g/mol. The fourth-order valence-electron chi connectivity index (χ4n) is 0.946.